The predicted octanol–water partition coefficient (Wildman–Crippen LogP) is 2.64. The molecule has 0 bridgehead atoms. The number of nitrogens with zero attached hydrogens (tertiary/aromatic N) is 4. The van der Waals surface area contributed by atoms with E-state index >= 15 is 0 Å². The molecule has 0 unspecified atom stereocenters. The van der Waals surface area contributed by atoms with Crippen molar-refractivity contribution < 1.29 is 13.2 Å². The molecule has 9 heteroatoms. The molecule has 0 saturated carbocycles. The van der Waals surface area contributed by atoms with Crippen LogP contribution in [-0.4, -0.2) is 67.2 Å². The Kier molecular flexibility index (Phi) is 8.10. The minimum atomic E-state index is -3.58. The summed E-state index contributed by atoms with van der Waals surface area (Å²) >= 11 is 0. The molecule has 0 N–H and O–H groups in total. The van der Waals surface area contributed by atoms with Crippen molar-refractivity contribution in [2.75, 3.05) is 39.8 Å². The molecule has 7 nitrogen and oxygen atoms in total. The van der Waals surface area contributed by atoms with Crippen molar-refractivity contribution in [2.24, 2.45) is 0 Å². The molecule has 1 fully saturated rings. The van der Waals surface area contributed by atoms with Gasteiger partial charge in [-0.3, -0.25) is 4.68 Å². The molecule has 0 atom stereocenters. The summed E-state index contributed by atoms with van der Waals surface area (Å²) in [6.07, 6.45) is 0.810. The topological polar surface area (TPSA) is 67.7 Å². The largest absolute Gasteiger partial charge is 0.495 e. The summed E-state index contributed by atoms with van der Waals surface area (Å²) in [6, 6.07) is 7.35. The number of benzene rings is 1. The Labute approximate surface area is 180 Å². The fraction of sp³-hybridized carbons (Fsp3) is 0.550. The number of aromatic nitrogens is 2. The number of methoxy groups -OCH3 is 1. The molecule has 3 rings (SSSR count). The molecule has 1 aliphatic heterocycles. The molecule has 2 heterocycles. The van der Waals surface area contributed by atoms with Crippen LogP contribution in [0.25, 0.3) is 0 Å². The lowest BCUT2D eigenvalue weighted by Gasteiger charge is -2.23. The highest BCUT2D eigenvalue weighted by molar-refractivity contribution is 7.89. The van der Waals surface area contributed by atoms with Crippen LogP contribution in [0.1, 0.15) is 23.4 Å². The summed E-state index contributed by atoms with van der Waals surface area (Å²) in [4.78, 5) is 2.57. The third kappa shape index (κ3) is 5.51. The lowest BCUT2D eigenvalue weighted by molar-refractivity contribution is 0.269. The Morgan fingerprint density at radius 2 is 1.79 bits per heavy atom. The van der Waals surface area contributed by atoms with E-state index in [9.17, 15) is 8.42 Å². The van der Waals surface area contributed by atoms with E-state index in [1.807, 2.05) is 24.6 Å². The van der Waals surface area contributed by atoms with Crippen molar-refractivity contribution in [1.29, 1.82) is 0 Å². The number of hydrogen-bond acceptors (Lipinski definition) is 5. The van der Waals surface area contributed by atoms with E-state index in [1.165, 1.54) is 7.11 Å². The molecular formula is C20H31ClN4O3S. The lowest BCUT2D eigenvalue weighted by Crippen LogP contribution is -2.36. The molecule has 0 radical (unpaired) electrons. The molecule has 1 aromatic carbocycles. The first-order valence-electron chi connectivity index (χ1n) is 9.69. The maximum atomic E-state index is 13.2. The van der Waals surface area contributed by atoms with Crippen molar-refractivity contribution in [3.05, 3.63) is 41.2 Å². The minimum absolute atomic E-state index is 0. The van der Waals surface area contributed by atoms with Crippen molar-refractivity contribution in [3.8, 4) is 5.75 Å². The van der Waals surface area contributed by atoms with Crippen molar-refractivity contribution in [3.63, 3.8) is 0 Å². The molecule has 0 spiro atoms. The van der Waals surface area contributed by atoms with Gasteiger partial charge in [0.25, 0.3) is 0 Å². The van der Waals surface area contributed by atoms with Crippen LogP contribution in [0.4, 0.5) is 0 Å². The second-order valence-corrected chi connectivity index (χ2v) is 9.31. The van der Waals surface area contributed by atoms with Crippen LogP contribution in [0, 0.1) is 20.8 Å². The number of hydrogen-bond donors (Lipinski definition) is 0. The van der Waals surface area contributed by atoms with E-state index in [1.54, 1.807) is 16.4 Å². The van der Waals surface area contributed by atoms with Gasteiger partial charge in [0, 0.05) is 31.9 Å². The molecule has 1 aliphatic rings. The molecule has 1 aromatic heterocycles. The van der Waals surface area contributed by atoms with Gasteiger partial charge in [-0.1, -0.05) is 6.07 Å². The van der Waals surface area contributed by atoms with Gasteiger partial charge in [0.2, 0.25) is 10.0 Å². The van der Waals surface area contributed by atoms with E-state index in [-0.39, 0.29) is 17.3 Å². The second-order valence-electron chi connectivity index (χ2n) is 7.40. The minimum Gasteiger partial charge on any atom is -0.495 e. The van der Waals surface area contributed by atoms with Crippen LogP contribution in [0.3, 0.4) is 0 Å². The summed E-state index contributed by atoms with van der Waals surface area (Å²) in [5.74, 6) is 0.399. The van der Waals surface area contributed by atoms with Gasteiger partial charge in [0.1, 0.15) is 10.6 Å². The maximum Gasteiger partial charge on any atom is 0.246 e. The van der Waals surface area contributed by atoms with E-state index in [4.69, 9.17) is 4.74 Å². The Bertz CT molecular complexity index is 930. The zero-order valence-electron chi connectivity index (χ0n) is 17.6. The van der Waals surface area contributed by atoms with Crippen LogP contribution in [0.15, 0.2) is 29.2 Å². The number of halogens is 1. The first kappa shape index (κ1) is 23.7. The van der Waals surface area contributed by atoms with Gasteiger partial charge in [-0.15, -0.1) is 12.4 Å². The molecule has 0 amide bonds. The van der Waals surface area contributed by atoms with E-state index in [0.717, 1.165) is 43.0 Å². The molecular weight excluding hydrogens is 412 g/mol. The molecule has 1 saturated heterocycles. The van der Waals surface area contributed by atoms with E-state index < -0.39 is 10.0 Å². The summed E-state index contributed by atoms with van der Waals surface area (Å²) in [7, 11) is -2.07. The summed E-state index contributed by atoms with van der Waals surface area (Å²) < 4.78 is 35.4. The first-order valence-corrected chi connectivity index (χ1v) is 11.1. The zero-order valence-corrected chi connectivity index (χ0v) is 19.2. The van der Waals surface area contributed by atoms with Gasteiger partial charge in [0.05, 0.1) is 19.3 Å². The summed E-state index contributed by atoms with van der Waals surface area (Å²) in [5, 5.41) is 4.51. The molecule has 2 aromatic rings. The van der Waals surface area contributed by atoms with Crippen LogP contribution >= 0.6 is 12.4 Å². The average molecular weight is 443 g/mol. The third-order valence-electron chi connectivity index (χ3n) is 5.22. The highest BCUT2D eigenvalue weighted by Gasteiger charge is 2.29. The van der Waals surface area contributed by atoms with E-state index in [2.05, 4.69) is 23.0 Å². The molecule has 29 heavy (non-hydrogen) atoms. The van der Waals surface area contributed by atoms with Crippen molar-refractivity contribution >= 4 is 22.4 Å². The SMILES string of the molecule is COc1ccc(C)cc1S(=O)(=O)N1CCCN(CCn2nc(C)cc2C)CC1.Cl. The van der Waals surface area contributed by atoms with Crippen LogP contribution < -0.4 is 4.74 Å². The highest BCUT2D eigenvalue weighted by Crippen LogP contribution is 2.28. The maximum absolute atomic E-state index is 13.2. The van der Waals surface area contributed by atoms with Crippen molar-refractivity contribution in [2.45, 2.75) is 38.6 Å². The first-order chi connectivity index (χ1) is 13.3. The van der Waals surface area contributed by atoms with Crippen LogP contribution in [0.2, 0.25) is 0 Å². The second kappa shape index (κ2) is 9.93. The smallest absolute Gasteiger partial charge is 0.246 e. The standard InChI is InChI=1S/C20H30N4O3S.ClH/c1-16-6-7-19(27-4)20(14-16)28(25,26)23-9-5-8-22(10-12-23)11-13-24-18(3)15-17(2)21-24;/h6-7,14-15H,5,8-13H2,1-4H3;1H. The third-order valence-corrected chi connectivity index (χ3v) is 7.14. The van der Waals surface area contributed by atoms with Gasteiger partial charge < -0.3 is 9.64 Å². The predicted molar refractivity (Wildman–Crippen MR) is 116 cm³/mol. The normalized spacial score (nSPS) is 16.3. The van der Waals surface area contributed by atoms with Gasteiger partial charge in [-0.25, -0.2) is 8.42 Å². The number of ether oxygens (including phenoxy) is 1. The number of rotatable bonds is 6. The Morgan fingerprint density at radius 3 is 2.45 bits per heavy atom. The average Bonchev–Trinajstić information content (AvgIpc) is 2.85. The lowest BCUT2D eigenvalue weighted by atomic mass is 10.2. The van der Waals surface area contributed by atoms with Crippen LogP contribution in [0.5, 0.6) is 5.75 Å². The zero-order chi connectivity index (χ0) is 20.3. The quantitative estimate of drug-likeness (QED) is 0.687. The molecule has 0 aliphatic carbocycles. The monoisotopic (exact) mass is 442 g/mol. The summed E-state index contributed by atoms with van der Waals surface area (Å²) in [6.45, 7) is 10.2. The van der Waals surface area contributed by atoms with Gasteiger partial charge in [-0.2, -0.15) is 9.40 Å². The van der Waals surface area contributed by atoms with Gasteiger partial charge in [-0.05, 0) is 57.5 Å². The molecule has 162 valence electrons. The van der Waals surface area contributed by atoms with Gasteiger partial charge >= 0.3 is 0 Å². The number of aryl methyl sites for hydroxylation is 3. The fourth-order valence-electron chi connectivity index (χ4n) is 3.67. The highest BCUT2D eigenvalue weighted by atomic mass is 35.5. The Balaban J connectivity index is 0.00000300. The van der Waals surface area contributed by atoms with Crippen molar-refractivity contribution in [1.82, 2.24) is 19.0 Å². The van der Waals surface area contributed by atoms with Gasteiger partial charge in [0.15, 0.2) is 0 Å². The Morgan fingerprint density at radius 1 is 1.03 bits per heavy atom. The summed E-state index contributed by atoms with van der Waals surface area (Å²) in [5.41, 5.74) is 3.08. The van der Waals surface area contributed by atoms with E-state index in [0.29, 0.717) is 25.4 Å². The Hall–Kier alpha value is -1.61. The fourth-order valence-corrected chi connectivity index (χ4v) is 5.38. The number of sulfonamides is 1. The van der Waals surface area contributed by atoms with Crippen LogP contribution in [-0.2, 0) is 16.6 Å².